The van der Waals surface area contributed by atoms with Crippen LogP contribution >= 0.6 is 0 Å². The maximum absolute atomic E-state index is 12.9. The lowest BCUT2D eigenvalue weighted by molar-refractivity contribution is -0.125. The van der Waals surface area contributed by atoms with Crippen LogP contribution < -0.4 is 20.1 Å². The van der Waals surface area contributed by atoms with Gasteiger partial charge < -0.3 is 20.1 Å². The molecule has 2 atom stereocenters. The Morgan fingerprint density at radius 3 is 2.41 bits per heavy atom. The van der Waals surface area contributed by atoms with Crippen molar-refractivity contribution in [2.75, 3.05) is 19.5 Å². The van der Waals surface area contributed by atoms with Crippen molar-refractivity contribution >= 4 is 17.5 Å². The molecule has 2 aromatic rings. The summed E-state index contributed by atoms with van der Waals surface area (Å²) in [5.41, 5.74) is 1.30. The van der Waals surface area contributed by atoms with Crippen molar-refractivity contribution in [2.24, 2.45) is 11.8 Å². The number of carbonyl (C=O) groups excluding carboxylic acids is 2. The SMILES string of the molecule is COc1ccc(OC)c(NC(=O)C2CC2C(=O)NCc2ccc(F)cc2)c1. The van der Waals surface area contributed by atoms with Gasteiger partial charge in [0, 0.05) is 12.6 Å². The van der Waals surface area contributed by atoms with E-state index in [4.69, 9.17) is 9.47 Å². The third-order valence-electron chi connectivity index (χ3n) is 4.51. The lowest BCUT2D eigenvalue weighted by Gasteiger charge is -2.11. The quantitative estimate of drug-likeness (QED) is 0.784. The molecule has 27 heavy (non-hydrogen) atoms. The summed E-state index contributed by atoms with van der Waals surface area (Å²) in [6.07, 6.45) is 0.493. The Kier molecular flexibility index (Phi) is 5.59. The van der Waals surface area contributed by atoms with Gasteiger partial charge in [-0.3, -0.25) is 9.59 Å². The zero-order chi connectivity index (χ0) is 19.4. The Morgan fingerprint density at radius 2 is 1.74 bits per heavy atom. The molecule has 2 amide bonds. The van der Waals surface area contributed by atoms with Crippen LogP contribution in [0.3, 0.4) is 0 Å². The summed E-state index contributed by atoms with van der Waals surface area (Å²) in [4.78, 5) is 24.7. The Hall–Kier alpha value is -3.09. The maximum Gasteiger partial charge on any atom is 0.228 e. The van der Waals surface area contributed by atoms with Crippen LogP contribution in [-0.2, 0) is 16.1 Å². The first kappa shape index (κ1) is 18.7. The van der Waals surface area contributed by atoms with Gasteiger partial charge >= 0.3 is 0 Å². The number of hydrogen-bond acceptors (Lipinski definition) is 4. The molecule has 0 heterocycles. The van der Waals surface area contributed by atoms with Gasteiger partial charge in [0.25, 0.3) is 0 Å². The summed E-state index contributed by atoms with van der Waals surface area (Å²) >= 11 is 0. The average Bonchev–Trinajstić information content (AvgIpc) is 3.48. The molecule has 0 bridgehead atoms. The number of rotatable bonds is 7. The van der Waals surface area contributed by atoms with Gasteiger partial charge in [0.1, 0.15) is 17.3 Å². The number of anilines is 1. The van der Waals surface area contributed by atoms with Crippen LogP contribution in [0.5, 0.6) is 11.5 Å². The molecule has 3 rings (SSSR count). The van der Waals surface area contributed by atoms with Gasteiger partial charge in [-0.15, -0.1) is 0 Å². The zero-order valence-electron chi connectivity index (χ0n) is 15.1. The normalized spacial score (nSPS) is 17.7. The molecular weight excluding hydrogens is 351 g/mol. The summed E-state index contributed by atoms with van der Waals surface area (Å²) < 4.78 is 23.3. The fraction of sp³-hybridized carbons (Fsp3) is 0.300. The zero-order valence-corrected chi connectivity index (χ0v) is 15.1. The topological polar surface area (TPSA) is 76.7 Å². The van der Waals surface area contributed by atoms with E-state index in [1.54, 1.807) is 30.3 Å². The second-order valence-corrected chi connectivity index (χ2v) is 6.35. The molecule has 0 spiro atoms. The van der Waals surface area contributed by atoms with Gasteiger partial charge in [0.05, 0.1) is 31.7 Å². The van der Waals surface area contributed by atoms with E-state index >= 15 is 0 Å². The monoisotopic (exact) mass is 372 g/mol. The van der Waals surface area contributed by atoms with E-state index in [1.807, 2.05) is 0 Å². The lowest BCUT2D eigenvalue weighted by atomic mass is 10.2. The number of halogens is 1. The van der Waals surface area contributed by atoms with Gasteiger partial charge in [-0.2, -0.15) is 0 Å². The molecule has 1 saturated carbocycles. The Bertz CT molecular complexity index is 838. The van der Waals surface area contributed by atoms with Gasteiger partial charge in [-0.1, -0.05) is 12.1 Å². The predicted molar refractivity (Wildman–Crippen MR) is 98.0 cm³/mol. The van der Waals surface area contributed by atoms with Crippen molar-refractivity contribution < 1.29 is 23.5 Å². The highest BCUT2D eigenvalue weighted by Crippen LogP contribution is 2.40. The van der Waals surface area contributed by atoms with Crippen LogP contribution in [0.4, 0.5) is 10.1 Å². The minimum absolute atomic E-state index is 0.183. The molecule has 2 N–H and O–H groups in total. The van der Waals surface area contributed by atoms with Crippen molar-refractivity contribution in [3.63, 3.8) is 0 Å². The fourth-order valence-corrected chi connectivity index (χ4v) is 2.83. The Morgan fingerprint density at radius 1 is 1.04 bits per heavy atom. The van der Waals surface area contributed by atoms with E-state index < -0.39 is 0 Å². The molecule has 1 aliphatic carbocycles. The summed E-state index contributed by atoms with van der Waals surface area (Å²) in [5.74, 6) is -0.369. The molecule has 0 radical (unpaired) electrons. The first-order valence-electron chi connectivity index (χ1n) is 8.57. The summed E-state index contributed by atoms with van der Waals surface area (Å²) in [5, 5.41) is 5.58. The standard InChI is InChI=1S/C20H21FN2O4/c1-26-14-7-8-18(27-2)17(9-14)23-20(25)16-10-15(16)19(24)22-11-12-3-5-13(21)6-4-12/h3-9,15-16H,10-11H2,1-2H3,(H,22,24)(H,23,25). The van der Waals surface area contributed by atoms with Crippen LogP contribution in [0.2, 0.25) is 0 Å². The average molecular weight is 372 g/mol. The molecule has 0 aromatic heterocycles. The van der Waals surface area contributed by atoms with Crippen molar-refractivity contribution in [1.82, 2.24) is 5.32 Å². The third-order valence-corrected chi connectivity index (χ3v) is 4.51. The molecule has 142 valence electrons. The fourth-order valence-electron chi connectivity index (χ4n) is 2.83. The number of carbonyl (C=O) groups is 2. The summed E-state index contributed by atoms with van der Waals surface area (Å²) in [6.45, 7) is 0.299. The highest BCUT2D eigenvalue weighted by Gasteiger charge is 2.48. The molecular formula is C20H21FN2O4. The molecule has 6 nitrogen and oxygen atoms in total. The van der Waals surface area contributed by atoms with E-state index in [0.717, 1.165) is 5.56 Å². The Labute approximate surface area is 156 Å². The number of nitrogens with one attached hydrogen (secondary N) is 2. The van der Waals surface area contributed by atoms with Gasteiger partial charge in [0.15, 0.2) is 0 Å². The Balaban J connectivity index is 1.54. The minimum atomic E-state index is -0.380. The predicted octanol–water partition coefficient (Wildman–Crippen LogP) is 2.73. The van der Waals surface area contributed by atoms with Crippen LogP contribution in [0, 0.1) is 17.7 Å². The van der Waals surface area contributed by atoms with Gasteiger partial charge in [-0.25, -0.2) is 4.39 Å². The largest absolute Gasteiger partial charge is 0.497 e. The van der Waals surface area contributed by atoms with E-state index in [2.05, 4.69) is 10.6 Å². The first-order valence-corrected chi connectivity index (χ1v) is 8.57. The van der Waals surface area contributed by atoms with Gasteiger partial charge in [0.2, 0.25) is 11.8 Å². The van der Waals surface area contributed by atoms with Crippen molar-refractivity contribution in [1.29, 1.82) is 0 Å². The van der Waals surface area contributed by atoms with Crippen LogP contribution in [-0.4, -0.2) is 26.0 Å². The number of hydrogen-bond donors (Lipinski definition) is 2. The molecule has 0 saturated heterocycles. The maximum atomic E-state index is 12.9. The third kappa shape index (κ3) is 4.55. The van der Waals surface area contributed by atoms with Crippen LogP contribution in [0.1, 0.15) is 12.0 Å². The van der Waals surface area contributed by atoms with E-state index in [1.165, 1.54) is 26.4 Å². The highest BCUT2D eigenvalue weighted by atomic mass is 19.1. The molecule has 7 heteroatoms. The molecule has 2 unspecified atom stereocenters. The van der Waals surface area contributed by atoms with E-state index in [9.17, 15) is 14.0 Å². The lowest BCUT2D eigenvalue weighted by Crippen LogP contribution is -2.27. The van der Waals surface area contributed by atoms with Crippen LogP contribution in [0.25, 0.3) is 0 Å². The minimum Gasteiger partial charge on any atom is -0.497 e. The second kappa shape index (κ2) is 8.07. The molecule has 0 aliphatic heterocycles. The molecule has 1 fully saturated rings. The van der Waals surface area contributed by atoms with Crippen molar-refractivity contribution in [2.45, 2.75) is 13.0 Å². The van der Waals surface area contributed by atoms with Crippen molar-refractivity contribution in [3.8, 4) is 11.5 Å². The van der Waals surface area contributed by atoms with Crippen LogP contribution in [0.15, 0.2) is 42.5 Å². The number of benzene rings is 2. The summed E-state index contributed by atoms with van der Waals surface area (Å²) in [6, 6.07) is 11.0. The number of ether oxygens (including phenoxy) is 2. The van der Waals surface area contributed by atoms with E-state index in [-0.39, 0.29) is 29.5 Å². The van der Waals surface area contributed by atoms with Crippen molar-refractivity contribution in [3.05, 3.63) is 53.8 Å². The highest BCUT2D eigenvalue weighted by molar-refractivity contribution is 6.00. The first-order chi connectivity index (χ1) is 13.0. The molecule has 2 aromatic carbocycles. The molecule has 1 aliphatic rings. The van der Waals surface area contributed by atoms with Gasteiger partial charge in [-0.05, 0) is 36.2 Å². The summed E-state index contributed by atoms with van der Waals surface area (Å²) in [7, 11) is 3.05. The number of methoxy groups -OCH3 is 2. The number of amides is 2. The van der Waals surface area contributed by atoms with E-state index in [0.29, 0.717) is 30.2 Å². The second-order valence-electron chi connectivity index (χ2n) is 6.35. The smallest absolute Gasteiger partial charge is 0.228 e.